The molecule has 0 aliphatic rings. The van der Waals surface area contributed by atoms with Crippen LogP contribution >= 0.6 is 15.9 Å². The summed E-state index contributed by atoms with van der Waals surface area (Å²) in [6.07, 6.45) is 2.06. The van der Waals surface area contributed by atoms with Gasteiger partial charge in [0.15, 0.2) is 0 Å². The fourth-order valence-corrected chi connectivity index (χ4v) is 2.33. The molecule has 0 aliphatic heterocycles. The minimum absolute atomic E-state index is 0.238. The van der Waals surface area contributed by atoms with Gasteiger partial charge in [-0.3, -0.25) is 4.68 Å². The van der Waals surface area contributed by atoms with Crippen molar-refractivity contribution in [3.05, 3.63) is 46.2 Å². The van der Waals surface area contributed by atoms with Gasteiger partial charge in [0.05, 0.1) is 11.7 Å². The molecule has 90 valence electrons. The van der Waals surface area contributed by atoms with E-state index in [1.54, 1.807) is 0 Å². The van der Waals surface area contributed by atoms with Crippen LogP contribution in [0.5, 0.6) is 0 Å². The number of benzene rings is 1. The van der Waals surface area contributed by atoms with Gasteiger partial charge in [-0.1, -0.05) is 12.1 Å². The average Bonchev–Trinajstić information content (AvgIpc) is 2.61. The van der Waals surface area contributed by atoms with Gasteiger partial charge < -0.3 is 5.32 Å². The number of hydrogen-bond acceptors (Lipinski definition) is 2. The van der Waals surface area contributed by atoms with Crippen LogP contribution in [0.1, 0.15) is 24.2 Å². The Labute approximate surface area is 110 Å². The molecule has 3 nitrogen and oxygen atoms in total. The SMILES string of the molecule is Cc1nn(C)cc1C(C)Nc1ccccc1Br. The Balaban J connectivity index is 2.20. The van der Waals surface area contributed by atoms with Crippen molar-refractivity contribution in [2.75, 3.05) is 5.32 Å². The number of anilines is 1. The van der Waals surface area contributed by atoms with Gasteiger partial charge >= 0.3 is 0 Å². The number of nitrogens with one attached hydrogen (secondary N) is 1. The topological polar surface area (TPSA) is 29.9 Å². The van der Waals surface area contributed by atoms with Gasteiger partial charge in [-0.2, -0.15) is 5.10 Å². The second-order valence-electron chi connectivity index (χ2n) is 4.19. The Morgan fingerprint density at radius 3 is 2.65 bits per heavy atom. The van der Waals surface area contributed by atoms with E-state index < -0.39 is 0 Å². The molecule has 17 heavy (non-hydrogen) atoms. The minimum Gasteiger partial charge on any atom is -0.377 e. The molecule has 0 saturated heterocycles. The van der Waals surface area contributed by atoms with E-state index in [0.717, 1.165) is 15.9 Å². The van der Waals surface area contributed by atoms with Crippen LogP contribution in [0.4, 0.5) is 5.69 Å². The summed E-state index contributed by atoms with van der Waals surface area (Å²) < 4.78 is 2.93. The van der Waals surface area contributed by atoms with Gasteiger partial charge in [-0.05, 0) is 41.9 Å². The first-order valence-corrected chi connectivity index (χ1v) is 6.38. The highest BCUT2D eigenvalue weighted by Crippen LogP contribution is 2.26. The van der Waals surface area contributed by atoms with Crippen LogP contribution in [0.25, 0.3) is 0 Å². The highest BCUT2D eigenvalue weighted by Gasteiger charge is 2.12. The maximum absolute atomic E-state index is 4.36. The molecule has 1 N–H and O–H groups in total. The van der Waals surface area contributed by atoms with Gasteiger partial charge in [0.1, 0.15) is 0 Å². The summed E-state index contributed by atoms with van der Waals surface area (Å²) in [6.45, 7) is 4.18. The molecule has 1 atom stereocenters. The van der Waals surface area contributed by atoms with Crippen LogP contribution in [-0.4, -0.2) is 9.78 Å². The molecule has 2 rings (SSSR count). The smallest absolute Gasteiger partial charge is 0.0646 e. The normalized spacial score (nSPS) is 12.5. The van der Waals surface area contributed by atoms with Gasteiger partial charge in [0.2, 0.25) is 0 Å². The molecule has 0 bridgehead atoms. The van der Waals surface area contributed by atoms with E-state index >= 15 is 0 Å². The zero-order valence-electron chi connectivity index (χ0n) is 10.2. The van der Waals surface area contributed by atoms with Crippen molar-refractivity contribution in [3.8, 4) is 0 Å². The molecule has 0 aliphatic carbocycles. The highest BCUT2D eigenvalue weighted by atomic mass is 79.9. The Hall–Kier alpha value is -1.29. The lowest BCUT2D eigenvalue weighted by atomic mass is 10.1. The van der Waals surface area contributed by atoms with Crippen molar-refractivity contribution in [1.29, 1.82) is 0 Å². The number of aromatic nitrogens is 2. The largest absolute Gasteiger partial charge is 0.377 e. The van der Waals surface area contributed by atoms with Crippen LogP contribution in [0.3, 0.4) is 0 Å². The van der Waals surface area contributed by atoms with E-state index in [-0.39, 0.29) is 6.04 Å². The zero-order valence-corrected chi connectivity index (χ0v) is 11.8. The lowest BCUT2D eigenvalue weighted by Gasteiger charge is -2.15. The number of halogens is 1. The van der Waals surface area contributed by atoms with Crippen LogP contribution in [0.2, 0.25) is 0 Å². The van der Waals surface area contributed by atoms with Crippen LogP contribution < -0.4 is 5.32 Å². The van der Waals surface area contributed by atoms with E-state index in [1.165, 1.54) is 5.56 Å². The van der Waals surface area contributed by atoms with Gasteiger partial charge in [-0.25, -0.2) is 0 Å². The number of para-hydroxylation sites is 1. The number of rotatable bonds is 3. The summed E-state index contributed by atoms with van der Waals surface area (Å²) in [7, 11) is 1.95. The molecular weight excluding hydrogens is 278 g/mol. The van der Waals surface area contributed by atoms with E-state index in [4.69, 9.17) is 0 Å². The van der Waals surface area contributed by atoms with Crippen molar-refractivity contribution < 1.29 is 0 Å². The van der Waals surface area contributed by atoms with Gasteiger partial charge in [0, 0.05) is 29.0 Å². The average molecular weight is 294 g/mol. The van der Waals surface area contributed by atoms with Gasteiger partial charge in [0.25, 0.3) is 0 Å². The lowest BCUT2D eigenvalue weighted by Crippen LogP contribution is -2.07. The monoisotopic (exact) mass is 293 g/mol. The molecule has 0 saturated carbocycles. The molecule has 0 fully saturated rings. The summed E-state index contributed by atoms with van der Waals surface area (Å²) >= 11 is 3.54. The first-order chi connectivity index (χ1) is 8.08. The standard InChI is InChI=1S/C13H16BrN3/c1-9(11-8-17(3)16-10(11)2)15-13-7-5-4-6-12(13)14/h4-9,15H,1-3H3. The molecule has 0 amide bonds. The van der Waals surface area contributed by atoms with Crippen LogP contribution in [0, 0.1) is 6.92 Å². The van der Waals surface area contributed by atoms with Crippen molar-refractivity contribution >= 4 is 21.6 Å². The molecule has 0 radical (unpaired) electrons. The number of nitrogens with zero attached hydrogens (tertiary/aromatic N) is 2. The molecule has 0 spiro atoms. The summed E-state index contributed by atoms with van der Waals surface area (Å²) in [6, 6.07) is 8.37. The molecule has 4 heteroatoms. The molecule has 1 aromatic heterocycles. The summed E-state index contributed by atoms with van der Waals surface area (Å²) in [4.78, 5) is 0. The van der Waals surface area contributed by atoms with Crippen molar-refractivity contribution in [3.63, 3.8) is 0 Å². The summed E-state index contributed by atoms with van der Waals surface area (Å²) in [5.41, 5.74) is 3.39. The van der Waals surface area contributed by atoms with Crippen molar-refractivity contribution in [1.82, 2.24) is 9.78 Å². The first kappa shape index (κ1) is 12.2. The van der Waals surface area contributed by atoms with E-state index in [2.05, 4.69) is 45.5 Å². The van der Waals surface area contributed by atoms with Crippen molar-refractivity contribution in [2.45, 2.75) is 19.9 Å². The minimum atomic E-state index is 0.238. The first-order valence-electron chi connectivity index (χ1n) is 5.59. The molecule has 1 aromatic carbocycles. The molecule has 2 aromatic rings. The van der Waals surface area contributed by atoms with Crippen molar-refractivity contribution in [2.24, 2.45) is 7.05 Å². The number of aryl methyl sites for hydroxylation is 2. The fraction of sp³-hybridized carbons (Fsp3) is 0.308. The molecule has 1 unspecified atom stereocenters. The Bertz CT molecular complexity index is 519. The zero-order chi connectivity index (χ0) is 12.4. The lowest BCUT2D eigenvalue weighted by molar-refractivity contribution is 0.756. The highest BCUT2D eigenvalue weighted by molar-refractivity contribution is 9.10. The maximum atomic E-state index is 4.36. The third-order valence-electron chi connectivity index (χ3n) is 2.76. The van der Waals surface area contributed by atoms with Gasteiger partial charge in [-0.15, -0.1) is 0 Å². The third-order valence-corrected chi connectivity index (χ3v) is 3.46. The van der Waals surface area contributed by atoms with Crippen LogP contribution in [0.15, 0.2) is 34.9 Å². The Morgan fingerprint density at radius 1 is 1.35 bits per heavy atom. The van der Waals surface area contributed by atoms with E-state index in [9.17, 15) is 0 Å². The predicted molar refractivity (Wildman–Crippen MR) is 74.1 cm³/mol. The predicted octanol–water partition coefficient (Wildman–Crippen LogP) is 3.66. The third kappa shape index (κ3) is 2.69. The summed E-state index contributed by atoms with van der Waals surface area (Å²) in [5.74, 6) is 0. The maximum Gasteiger partial charge on any atom is 0.0646 e. The Kier molecular flexibility index (Phi) is 3.52. The molecular formula is C13H16BrN3. The number of hydrogen-bond donors (Lipinski definition) is 1. The van der Waals surface area contributed by atoms with E-state index in [1.807, 2.05) is 36.9 Å². The van der Waals surface area contributed by atoms with Crippen LogP contribution in [-0.2, 0) is 7.05 Å². The second-order valence-corrected chi connectivity index (χ2v) is 5.04. The quantitative estimate of drug-likeness (QED) is 0.936. The Morgan fingerprint density at radius 2 is 2.06 bits per heavy atom. The second kappa shape index (κ2) is 4.92. The molecule has 1 heterocycles. The summed E-state index contributed by atoms with van der Waals surface area (Å²) in [5, 5.41) is 7.84. The van der Waals surface area contributed by atoms with E-state index in [0.29, 0.717) is 0 Å². The fourth-order valence-electron chi connectivity index (χ4n) is 1.93.